The fraction of sp³-hybridized carbons (Fsp3) is 0.143. The number of nitriles is 1. The Labute approximate surface area is 164 Å². The van der Waals surface area contributed by atoms with Crippen LogP contribution in [0.15, 0.2) is 60.8 Å². The molecule has 0 fully saturated rings. The van der Waals surface area contributed by atoms with Crippen molar-refractivity contribution in [3.05, 3.63) is 77.5 Å². The number of benzene rings is 2. The molecule has 5 nitrogen and oxygen atoms in total. The van der Waals surface area contributed by atoms with Gasteiger partial charge in [0.05, 0.1) is 29.5 Å². The average Bonchev–Trinajstić information content (AvgIpc) is 2.73. The van der Waals surface area contributed by atoms with Gasteiger partial charge in [-0.05, 0) is 60.2 Å². The third-order valence-corrected chi connectivity index (χ3v) is 4.14. The van der Waals surface area contributed by atoms with Crippen LogP contribution in [0.25, 0.3) is 11.3 Å². The van der Waals surface area contributed by atoms with Crippen molar-refractivity contribution >= 4 is 0 Å². The van der Waals surface area contributed by atoms with Crippen molar-refractivity contribution in [1.82, 2.24) is 4.98 Å². The van der Waals surface area contributed by atoms with Gasteiger partial charge in [0.2, 0.25) is 0 Å². The molecule has 0 unspecified atom stereocenters. The van der Waals surface area contributed by atoms with Gasteiger partial charge in [-0.25, -0.2) is 0 Å². The lowest BCUT2D eigenvalue weighted by atomic mass is 10.1. The molecule has 0 radical (unpaired) electrons. The van der Waals surface area contributed by atoms with Gasteiger partial charge in [-0.1, -0.05) is 0 Å². The Balaban J connectivity index is 1.83. The lowest BCUT2D eigenvalue weighted by Crippen LogP contribution is -2.07. The van der Waals surface area contributed by atoms with Gasteiger partial charge in [0.25, 0.3) is 0 Å². The second-order valence-corrected chi connectivity index (χ2v) is 6.12. The van der Waals surface area contributed by atoms with E-state index in [0.29, 0.717) is 22.6 Å². The molecule has 0 aliphatic rings. The molecule has 1 aromatic heterocycles. The smallest absolute Gasteiger partial charge is 0.417 e. The van der Waals surface area contributed by atoms with Crippen LogP contribution in [0.5, 0.6) is 11.5 Å². The highest BCUT2D eigenvalue weighted by molar-refractivity contribution is 5.61. The Morgan fingerprint density at radius 2 is 1.72 bits per heavy atom. The van der Waals surface area contributed by atoms with Crippen LogP contribution >= 0.6 is 0 Å². The molecule has 2 aromatic carbocycles. The largest absolute Gasteiger partial charge is 0.457 e. The second-order valence-electron chi connectivity index (χ2n) is 6.12. The number of ether oxygens (including phenoxy) is 1. The molecule has 3 rings (SSSR count). The quantitative estimate of drug-likeness (QED) is 0.661. The highest BCUT2D eigenvalue weighted by atomic mass is 19.4. The monoisotopic (exact) mass is 400 g/mol. The summed E-state index contributed by atoms with van der Waals surface area (Å²) < 4.78 is 44.7. The summed E-state index contributed by atoms with van der Waals surface area (Å²) in [7, 11) is 0. The third-order valence-electron chi connectivity index (χ3n) is 4.14. The van der Waals surface area contributed by atoms with Crippen molar-refractivity contribution in [3.8, 4) is 28.8 Å². The van der Waals surface area contributed by atoms with E-state index in [1.807, 2.05) is 0 Å². The molecular formula is C21H15F3N2O3. The van der Waals surface area contributed by atoms with Crippen molar-refractivity contribution in [2.75, 3.05) is 6.61 Å². The molecule has 0 aliphatic carbocycles. The topological polar surface area (TPSA) is 86.4 Å². The van der Waals surface area contributed by atoms with Crippen LogP contribution in [0.3, 0.4) is 0 Å². The van der Waals surface area contributed by atoms with E-state index in [2.05, 4.69) is 4.98 Å². The number of alkyl halides is 3. The van der Waals surface area contributed by atoms with Crippen LogP contribution < -0.4 is 4.74 Å². The Morgan fingerprint density at radius 1 is 1.03 bits per heavy atom. The molecule has 0 amide bonds. The first kappa shape index (κ1) is 20.3. The fourth-order valence-corrected chi connectivity index (χ4v) is 2.67. The van der Waals surface area contributed by atoms with Gasteiger partial charge in [-0.15, -0.1) is 0 Å². The van der Waals surface area contributed by atoms with Crippen LogP contribution in [-0.4, -0.2) is 21.8 Å². The van der Waals surface area contributed by atoms with E-state index >= 15 is 0 Å². The summed E-state index contributed by atoms with van der Waals surface area (Å²) >= 11 is 0. The summed E-state index contributed by atoms with van der Waals surface area (Å²) in [6, 6.07) is 14.4. The molecule has 1 heterocycles. The van der Waals surface area contributed by atoms with Crippen molar-refractivity contribution in [3.63, 3.8) is 0 Å². The summed E-state index contributed by atoms with van der Waals surface area (Å²) in [5.74, 6) is 0.258. The number of nitrogens with zero attached hydrogens (tertiary/aromatic N) is 2. The van der Waals surface area contributed by atoms with E-state index in [0.717, 1.165) is 12.1 Å². The third kappa shape index (κ3) is 4.71. The Kier molecular flexibility index (Phi) is 5.82. The lowest BCUT2D eigenvalue weighted by Gasteiger charge is -2.12. The van der Waals surface area contributed by atoms with Gasteiger partial charge >= 0.3 is 6.18 Å². The molecule has 2 N–H and O–H groups in total. The minimum Gasteiger partial charge on any atom is -0.457 e. The number of pyridine rings is 1. The SMILES string of the molecule is N#Cc1ccc(Oc2ccc(-c3cc([C@H](O)CO)ccn3)cc2)cc1C(F)(F)F. The highest BCUT2D eigenvalue weighted by Gasteiger charge is 2.34. The van der Waals surface area contributed by atoms with Crippen molar-refractivity contribution in [2.45, 2.75) is 12.3 Å². The average molecular weight is 400 g/mol. The lowest BCUT2D eigenvalue weighted by molar-refractivity contribution is -0.137. The summed E-state index contributed by atoms with van der Waals surface area (Å²) in [5, 5.41) is 27.6. The minimum atomic E-state index is -4.66. The molecular weight excluding hydrogens is 385 g/mol. The van der Waals surface area contributed by atoms with Gasteiger partial charge in [0.1, 0.15) is 17.6 Å². The van der Waals surface area contributed by atoms with E-state index in [9.17, 15) is 18.3 Å². The zero-order valence-electron chi connectivity index (χ0n) is 14.9. The normalized spacial score (nSPS) is 12.3. The molecule has 0 saturated heterocycles. The maximum absolute atomic E-state index is 13.1. The minimum absolute atomic E-state index is 0.0461. The predicted octanol–water partition coefficient (Wildman–Crippen LogP) is 4.46. The molecule has 0 aliphatic heterocycles. The molecule has 148 valence electrons. The second kappa shape index (κ2) is 8.31. The van der Waals surface area contributed by atoms with E-state index < -0.39 is 30.0 Å². The van der Waals surface area contributed by atoms with Gasteiger partial charge in [-0.3, -0.25) is 4.98 Å². The number of aliphatic hydroxyl groups excluding tert-OH is 2. The summed E-state index contributed by atoms with van der Waals surface area (Å²) in [5.41, 5.74) is 0.225. The number of halogens is 3. The zero-order valence-corrected chi connectivity index (χ0v) is 14.9. The van der Waals surface area contributed by atoms with Gasteiger partial charge in [0.15, 0.2) is 0 Å². The molecule has 0 saturated carbocycles. The maximum Gasteiger partial charge on any atom is 0.417 e. The van der Waals surface area contributed by atoms with Crippen LogP contribution in [0.4, 0.5) is 13.2 Å². The summed E-state index contributed by atoms with van der Waals surface area (Å²) in [6.07, 6.45) is -4.17. The standard InChI is InChI=1S/C21H15F3N2O3/c22-21(23,24)18-10-17(6-3-15(18)11-25)29-16-4-1-13(2-5-16)19-9-14(7-8-26-19)20(28)12-27/h1-10,20,27-28H,12H2/t20-/m1/s1. The van der Waals surface area contributed by atoms with E-state index in [1.54, 1.807) is 36.4 Å². The Hall–Kier alpha value is -3.41. The predicted molar refractivity (Wildman–Crippen MR) is 98.0 cm³/mol. The molecule has 1 atom stereocenters. The zero-order chi connectivity index (χ0) is 21.0. The first-order valence-electron chi connectivity index (χ1n) is 8.46. The first-order chi connectivity index (χ1) is 13.8. The van der Waals surface area contributed by atoms with E-state index in [4.69, 9.17) is 15.1 Å². The van der Waals surface area contributed by atoms with Crippen molar-refractivity contribution < 1.29 is 28.1 Å². The van der Waals surface area contributed by atoms with Crippen LogP contribution in [0, 0.1) is 11.3 Å². The molecule has 0 bridgehead atoms. The number of aliphatic hydroxyl groups is 2. The summed E-state index contributed by atoms with van der Waals surface area (Å²) in [4.78, 5) is 4.21. The summed E-state index contributed by atoms with van der Waals surface area (Å²) in [6.45, 7) is -0.416. The van der Waals surface area contributed by atoms with Gasteiger partial charge in [-0.2, -0.15) is 18.4 Å². The van der Waals surface area contributed by atoms with E-state index in [1.165, 1.54) is 18.3 Å². The van der Waals surface area contributed by atoms with Crippen LogP contribution in [0.1, 0.15) is 22.8 Å². The molecule has 0 spiro atoms. The molecule has 8 heteroatoms. The number of hydrogen-bond acceptors (Lipinski definition) is 5. The molecule has 3 aromatic rings. The van der Waals surface area contributed by atoms with Gasteiger partial charge in [0, 0.05) is 11.8 Å². The van der Waals surface area contributed by atoms with Crippen molar-refractivity contribution in [1.29, 1.82) is 5.26 Å². The Morgan fingerprint density at radius 3 is 2.34 bits per heavy atom. The van der Waals surface area contributed by atoms with Gasteiger partial charge < -0.3 is 14.9 Å². The van der Waals surface area contributed by atoms with Crippen LogP contribution in [0.2, 0.25) is 0 Å². The number of rotatable bonds is 5. The maximum atomic E-state index is 13.1. The fourth-order valence-electron chi connectivity index (χ4n) is 2.67. The first-order valence-corrected chi connectivity index (χ1v) is 8.46. The van der Waals surface area contributed by atoms with E-state index in [-0.39, 0.29) is 5.75 Å². The van der Waals surface area contributed by atoms with Crippen LogP contribution in [-0.2, 0) is 6.18 Å². The number of hydrogen-bond donors (Lipinski definition) is 2. The highest BCUT2D eigenvalue weighted by Crippen LogP contribution is 2.35. The van der Waals surface area contributed by atoms with Crippen molar-refractivity contribution in [2.24, 2.45) is 0 Å². The Bertz CT molecular complexity index is 1040. The molecule has 29 heavy (non-hydrogen) atoms. The number of aromatic nitrogens is 1.